The maximum atomic E-state index is 11.8. The average molecular weight is 244 g/mol. The number of esters is 1. The van der Waals surface area contributed by atoms with Gasteiger partial charge in [0, 0.05) is 13.1 Å². The number of thiocarbonyl (C=S) groups is 1. The van der Waals surface area contributed by atoms with Gasteiger partial charge in [0.15, 0.2) is 5.11 Å². The van der Waals surface area contributed by atoms with Crippen molar-refractivity contribution in [2.24, 2.45) is 5.92 Å². The highest BCUT2D eigenvalue weighted by Gasteiger charge is 2.32. The van der Waals surface area contributed by atoms with Crippen molar-refractivity contribution in [3.63, 3.8) is 0 Å². The highest BCUT2D eigenvalue weighted by Crippen LogP contribution is 2.25. The first-order valence-corrected chi connectivity index (χ1v) is 6.24. The predicted molar refractivity (Wildman–Crippen MR) is 67.2 cm³/mol. The molecule has 0 aromatic heterocycles. The molecule has 0 saturated heterocycles. The second-order valence-electron chi connectivity index (χ2n) is 3.97. The van der Waals surface area contributed by atoms with E-state index in [1.165, 1.54) is 0 Å². The number of rotatable bonds is 3. The third-order valence-corrected chi connectivity index (χ3v) is 3.22. The van der Waals surface area contributed by atoms with E-state index in [0.717, 1.165) is 25.7 Å². The fourth-order valence-corrected chi connectivity index (χ4v) is 2.23. The minimum atomic E-state index is -0.0985. The van der Waals surface area contributed by atoms with Crippen LogP contribution in [-0.2, 0) is 9.53 Å². The lowest BCUT2D eigenvalue weighted by Crippen LogP contribution is -2.48. The van der Waals surface area contributed by atoms with Crippen molar-refractivity contribution < 1.29 is 9.53 Å². The van der Waals surface area contributed by atoms with Crippen LogP contribution in [0, 0.1) is 5.92 Å². The number of hydrogen-bond acceptors (Lipinski definition) is 3. The average Bonchev–Trinajstić information content (AvgIpc) is 2.30. The number of hydrogen-bond donors (Lipinski definition) is 2. The van der Waals surface area contributed by atoms with E-state index >= 15 is 0 Å². The highest BCUT2D eigenvalue weighted by atomic mass is 32.1. The first-order chi connectivity index (χ1) is 7.69. The molecule has 2 N–H and O–H groups in total. The Morgan fingerprint density at radius 3 is 2.75 bits per heavy atom. The second kappa shape index (κ2) is 6.68. The molecule has 0 bridgehead atoms. The van der Waals surface area contributed by atoms with Crippen LogP contribution >= 0.6 is 12.2 Å². The van der Waals surface area contributed by atoms with Crippen LogP contribution in [0.25, 0.3) is 0 Å². The SMILES string of the molecule is CCOC(=O)[C@H]1CCCC[C@H]1NC(=S)NC. The Labute approximate surface area is 102 Å². The zero-order valence-corrected chi connectivity index (χ0v) is 10.7. The number of nitrogens with one attached hydrogen (secondary N) is 2. The molecule has 16 heavy (non-hydrogen) atoms. The van der Waals surface area contributed by atoms with Crippen molar-refractivity contribution in [3.05, 3.63) is 0 Å². The molecule has 0 aromatic carbocycles. The Balaban J connectivity index is 2.56. The van der Waals surface area contributed by atoms with Crippen molar-refractivity contribution in [1.29, 1.82) is 0 Å². The van der Waals surface area contributed by atoms with Crippen LogP contribution in [-0.4, -0.2) is 30.8 Å². The molecular weight excluding hydrogens is 224 g/mol. The summed E-state index contributed by atoms with van der Waals surface area (Å²) in [5.41, 5.74) is 0. The van der Waals surface area contributed by atoms with Gasteiger partial charge in [0.05, 0.1) is 12.5 Å². The summed E-state index contributed by atoms with van der Waals surface area (Å²) in [5.74, 6) is -0.154. The lowest BCUT2D eigenvalue weighted by Gasteiger charge is -2.31. The number of carbonyl (C=O) groups is 1. The van der Waals surface area contributed by atoms with Gasteiger partial charge in [-0.2, -0.15) is 0 Å². The van der Waals surface area contributed by atoms with Crippen molar-refractivity contribution in [2.45, 2.75) is 38.6 Å². The van der Waals surface area contributed by atoms with Crippen molar-refractivity contribution in [1.82, 2.24) is 10.6 Å². The Kier molecular flexibility index (Phi) is 5.52. The van der Waals surface area contributed by atoms with Crippen molar-refractivity contribution >= 4 is 23.3 Å². The Morgan fingerprint density at radius 2 is 2.12 bits per heavy atom. The summed E-state index contributed by atoms with van der Waals surface area (Å²) in [6, 6.07) is 0.118. The molecule has 1 aliphatic carbocycles. The van der Waals surface area contributed by atoms with E-state index in [9.17, 15) is 4.79 Å². The van der Waals surface area contributed by atoms with Crippen LogP contribution in [0.4, 0.5) is 0 Å². The van der Waals surface area contributed by atoms with Crippen molar-refractivity contribution in [2.75, 3.05) is 13.7 Å². The van der Waals surface area contributed by atoms with Gasteiger partial charge >= 0.3 is 5.97 Å². The molecule has 0 heterocycles. The largest absolute Gasteiger partial charge is 0.466 e. The molecule has 0 amide bonds. The summed E-state index contributed by atoms with van der Waals surface area (Å²) in [6.45, 7) is 2.28. The van der Waals surface area contributed by atoms with E-state index < -0.39 is 0 Å². The molecular formula is C11H20N2O2S. The molecule has 1 fully saturated rings. The summed E-state index contributed by atoms with van der Waals surface area (Å²) in [6.07, 6.45) is 4.10. The third-order valence-electron chi connectivity index (χ3n) is 2.90. The Morgan fingerprint density at radius 1 is 1.44 bits per heavy atom. The Bertz CT molecular complexity index is 258. The predicted octanol–water partition coefficient (Wildman–Crippen LogP) is 1.20. The first kappa shape index (κ1) is 13.2. The van der Waals surface area contributed by atoms with Crippen molar-refractivity contribution in [3.8, 4) is 0 Å². The second-order valence-corrected chi connectivity index (χ2v) is 4.38. The number of carbonyl (C=O) groups excluding carboxylic acids is 1. The van der Waals surface area contributed by atoms with E-state index in [4.69, 9.17) is 17.0 Å². The standard InChI is InChI=1S/C11H20N2O2S/c1-3-15-10(14)8-6-4-5-7-9(8)13-11(16)12-2/h8-9H,3-7H2,1-2H3,(H2,12,13,16)/t8-,9+/m0/s1. The topological polar surface area (TPSA) is 50.4 Å². The van der Waals surface area contributed by atoms with Gasteiger partial charge in [-0.15, -0.1) is 0 Å². The zero-order chi connectivity index (χ0) is 12.0. The van der Waals surface area contributed by atoms with Gasteiger partial charge in [-0.3, -0.25) is 4.79 Å². The molecule has 0 aromatic rings. The summed E-state index contributed by atoms with van der Waals surface area (Å²) in [4.78, 5) is 11.8. The molecule has 0 unspecified atom stereocenters. The fourth-order valence-electron chi connectivity index (χ4n) is 2.08. The lowest BCUT2D eigenvalue weighted by molar-refractivity contribution is -0.149. The van der Waals surface area contributed by atoms with Crippen LogP contribution < -0.4 is 10.6 Å². The molecule has 1 saturated carbocycles. The number of ether oxygens (including phenoxy) is 1. The van der Waals surface area contributed by atoms with E-state index in [2.05, 4.69) is 10.6 Å². The molecule has 92 valence electrons. The molecule has 1 aliphatic rings. The molecule has 0 aliphatic heterocycles. The van der Waals surface area contributed by atoms with Crippen LogP contribution in [0.15, 0.2) is 0 Å². The minimum Gasteiger partial charge on any atom is -0.466 e. The molecule has 5 heteroatoms. The van der Waals surface area contributed by atoms with Gasteiger partial charge in [0.2, 0.25) is 0 Å². The summed E-state index contributed by atoms with van der Waals surface area (Å²) >= 11 is 5.07. The summed E-state index contributed by atoms with van der Waals surface area (Å²) in [5, 5.41) is 6.65. The summed E-state index contributed by atoms with van der Waals surface area (Å²) < 4.78 is 5.08. The molecule has 4 nitrogen and oxygen atoms in total. The van der Waals surface area contributed by atoms with Gasteiger partial charge in [0.25, 0.3) is 0 Å². The van der Waals surface area contributed by atoms with E-state index in [1.54, 1.807) is 7.05 Å². The highest BCUT2D eigenvalue weighted by molar-refractivity contribution is 7.80. The smallest absolute Gasteiger partial charge is 0.311 e. The third kappa shape index (κ3) is 3.63. The fraction of sp³-hybridized carbons (Fsp3) is 0.818. The molecule has 0 radical (unpaired) electrons. The molecule has 1 rings (SSSR count). The van der Waals surface area contributed by atoms with Crippen LogP contribution in [0.5, 0.6) is 0 Å². The first-order valence-electron chi connectivity index (χ1n) is 5.84. The van der Waals surface area contributed by atoms with Gasteiger partial charge < -0.3 is 15.4 Å². The lowest BCUT2D eigenvalue weighted by atomic mass is 9.84. The van der Waals surface area contributed by atoms with Gasteiger partial charge in [-0.05, 0) is 32.0 Å². The monoisotopic (exact) mass is 244 g/mol. The quantitative estimate of drug-likeness (QED) is 0.577. The van der Waals surface area contributed by atoms with E-state index in [-0.39, 0.29) is 17.9 Å². The maximum Gasteiger partial charge on any atom is 0.311 e. The van der Waals surface area contributed by atoms with Gasteiger partial charge in [0.1, 0.15) is 0 Å². The molecule has 0 spiro atoms. The minimum absolute atomic E-state index is 0.0556. The van der Waals surface area contributed by atoms with Gasteiger partial charge in [-0.25, -0.2) is 0 Å². The van der Waals surface area contributed by atoms with E-state index in [0.29, 0.717) is 11.7 Å². The van der Waals surface area contributed by atoms with Crippen LogP contribution in [0.1, 0.15) is 32.6 Å². The Hall–Kier alpha value is -0.840. The zero-order valence-electron chi connectivity index (χ0n) is 9.91. The summed E-state index contributed by atoms with van der Waals surface area (Å²) in [7, 11) is 1.78. The van der Waals surface area contributed by atoms with Gasteiger partial charge in [-0.1, -0.05) is 12.8 Å². The maximum absolute atomic E-state index is 11.8. The van der Waals surface area contributed by atoms with Crippen LogP contribution in [0.3, 0.4) is 0 Å². The van der Waals surface area contributed by atoms with E-state index in [1.807, 2.05) is 6.92 Å². The normalized spacial score (nSPS) is 24.6. The molecule has 2 atom stereocenters. The van der Waals surface area contributed by atoms with Crippen LogP contribution in [0.2, 0.25) is 0 Å².